The van der Waals surface area contributed by atoms with E-state index in [0.717, 1.165) is 0 Å². The predicted octanol–water partition coefficient (Wildman–Crippen LogP) is 0.623. The number of hydrogen-bond donors (Lipinski definition) is 1. The number of esters is 1. The van der Waals surface area contributed by atoms with E-state index in [2.05, 4.69) is 14.8 Å². The second-order valence-electron chi connectivity index (χ2n) is 3.05. The molecule has 0 fully saturated rings. The molecule has 0 amide bonds. The van der Waals surface area contributed by atoms with Crippen LogP contribution in [0.5, 0.6) is 0 Å². The van der Waals surface area contributed by atoms with E-state index in [9.17, 15) is 9.59 Å². The monoisotopic (exact) mass is 239 g/mol. The van der Waals surface area contributed by atoms with Crippen LogP contribution in [-0.4, -0.2) is 27.8 Å². The number of aryl methyl sites for hydroxylation is 1. The van der Waals surface area contributed by atoms with Gasteiger partial charge in [0.15, 0.2) is 5.69 Å². The molecule has 2 aromatic heterocycles. The molecule has 0 saturated heterocycles. The van der Waals surface area contributed by atoms with E-state index in [1.807, 2.05) is 0 Å². The molecule has 7 heteroatoms. The molecule has 0 atom stereocenters. The van der Waals surface area contributed by atoms with Crippen molar-refractivity contribution in [3.8, 4) is 10.6 Å². The Morgan fingerprint density at radius 3 is 2.94 bits per heavy atom. The van der Waals surface area contributed by atoms with Crippen molar-refractivity contribution in [2.45, 2.75) is 0 Å². The fourth-order valence-electron chi connectivity index (χ4n) is 1.34. The molecular weight excluding hydrogens is 230 g/mol. The summed E-state index contributed by atoms with van der Waals surface area (Å²) >= 11 is 1.29. The van der Waals surface area contributed by atoms with Gasteiger partial charge in [-0.05, 0) is 0 Å². The van der Waals surface area contributed by atoms with Crippen molar-refractivity contribution in [3.05, 3.63) is 27.6 Å². The number of aromatic amines is 1. The summed E-state index contributed by atoms with van der Waals surface area (Å²) in [5.74, 6) is -0.581. The minimum atomic E-state index is -0.581. The molecule has 6 nitrogen and oxygen atoms in total. The Bertz CT molecular complexity index is 567. The number of H-pyrrole nitrogens is 1. The summed E-state index contributed by atoms with van der Waals surface area (Å²) in [6.07, 6.45) is 1.58. The molecule has 0 bridgehead atoms. The Labute approximate surface area is 94.5 Å². The van der Waals surface area contributed by atoms with E-state index >= 15 is 0 Å². The third kappa shape index (κ3) is 1.54. The summed E-state index contributed by atoms with van der Waals surface area (Å²) < 4.78 is 5.82. The minimum Gasteiger partial charge on any atom is -0.464 e. The van der Waals surface area contributed by atoms with Crippen molar-refractivity contribution in [3.63, 3.8) is 0 Å². The number of thiazole rings is 1. The van der Waals surface area contributed by atoms with Gasteiger partial charge in [-0.25, -0.2) is 9.78 Å². The molecule has 16 heavy (non-hydrogen) atoms. The minimum absolute atomic E-state index is 0.130. The van der Waals surface area contributed by atoms with Crippen molar-refractivity contribution < 1.29 is 9.53 Å². The van der Waals surface area contributed by atoms with Crippen LogP contribution < -0.4 is 5.56 Å². The lowest BCUT2D eigenvalue weighted by atomic mass is 10.2. The van der Waals surface area contributed by atoms with E-state index in [1.165, 1.54) is 30.2 Å². The molecule has 0 aromatic carbocycles. The number of rotatable bonds is 2. The Hall–Kier alpha value is -1.89. The maximum atomic E-state index is 11.8. The number of ether oxygens (including phenoxy) is 1. The van der Waals surface area contributed by atoms with Gasteiger partial charge in [0, 0.05) is 18.6 Å². The summed E-state index contributed by atoms with van der Waals surface area (Å²) in [7, 11) is 2.80. The van der Waals surface area contributed by atoms with Gasteiger partial charge in [-0.3, -0.25) is 14.6 Å². The van der Waals surface area contributed by atoms with E-state index < -0.39 is 5.97 Å². The molecule has 2 rings (SSSR count). The van der Waals surface area contributed by atoms with Crippen LogP contribution in [0.1, 0.15) is 10.5 Å². The fraction of sp³-hybridized carbons (Fsp3) is 0.222. The highest BCUT2D eigenvalue weighted by molar-refractivity contribution is 7.13. The molecule has 1 N–H and O–H groups in total. The van der Waals surface area contributed by atoms with Gasteiger partial charge in [0.25, 0.3) is 5.56 Å². The van der Waals surface area contributed by atoms with Crippen LogP contribution in [0.2, 0.25) is 0 Å². The topological polar surface area (TPSA) is 77.0 Å². The van der Waals surface area contributed by atoms with Gasteiger partial charge < -0.3 is 4.74 Å². The van der Waals surface area contributed by atoms with Crippen LogP contribution in [0.3, 0.4) is 0 Å². The summed E-state index contributed by atoms with van der Waals surface area (Å²) in [5, 5.41) is 4.89. The lowest BCUT2D eigenvalue weighted by molar-refractivity contribution is 0.0594. The number of methoxy groups -OCH3 is 1. The van der Waals surface area contributed by atoms with Gasteiger partial charge in [0.05, 0.1) is 7.11 Å². The first-order chi connectivity index (χ1) is 7.65. The molecule has 0 aliphatic heterocycles. The normalized spacial score (nSPS) is 10.4. The number of aromatic nitrogens is 3. The molecule has 0 radical (unpaired) electrons. The molecule has 0 spiro atoms. The van der Waals surface area contributed by atoms with Crippen LogP contribution in [0.15, 0.2) is 16.4 Å². The van der Waals surface area contributed by atoms with Crippen LogP contribution in [0.4, 0.5) is 0 Å². The zero-order chi connectivity index (χ0) is 11.7. The molecule has 0 saturated carbocycles. The predicted molar refractivity (Wildman–Crippen MR) is 58.5 cm³/mol. The zero-order valence-corrected chi connectivity index (χ0v) is 9.50. The first kappa shape index (κ1) is 10.6. The van der Waals surface area contributed by atoms with E-state index in [-0.39, 0.29) is 16.8 Å². The second-order valence-corrected chi connectivity index (χ2v) is 3.95. The molecule has 0 aliphatic rings. The Kier molecular flexibility index (Phi) is 2.61. The summed E-state index contributed by atoms with van der Waals surface area (Å²) in [4.78, 5) is 27.3. The third-order valence-corrected chi connectivity index (χ3v) is 2.87. The Balaban J connectivity index is 2.68. The number of carbonyl (C=O) groups excluding carboxylic acids is 1. The van der Waals surface area contributed by atoms with E-state index in [0.29, 0.717) is 5.01 Å². The van der Waals surface area contributed by atoms with Crippen LogP contribution in [-0.2, 0) is 11.8 Å². The largest absolute Gasteiger partial charge is 0.464 e. The van der Waals surface area contributed by atoms with Crippen molar-refractivity contribution >= 4 is 17.3 Å². The molecule has 84 valence electrons. The molecule has 2 heterocycles. The SMILES string of the molecule is COC(=O)c1[nH]n(C)c(=O)c1-c1nccs1. The van der Waals surface area contributed by atoms with Crippen LogP contribution in [0, 0.1) is 0 Å². The first-order valence-corrected chi connectivity index (χ1v) is 5.30. The highest BCUT2D eigenvalue weighted by Gasteiger charge is 2.22. The van der Waals surface area contributed by atoms with Crippen molar-refractivity contribution in [1.82, 2.24) is 14.8 Å². The van der Waals surface area contributed by atoms with Crippen LogP contribution >= 0.6 is 11.3 Å². The Morgan fingerprint density at radius 1 is 1.62 bits per heavy atom. The molecule has 0 aliphatic carbocycles. The standard InChI is InChI=1S/C9H9N3O3S/c1-12-8(13)5(7-10-3-4-16-7)6(11-12)9(14)15-2/h3-4,11H,1-2H3. The number of nitrogens with zero attached hydrogens (tertiary/aromatic N) is 2. The lowest BCUT2D eigenvalue weighted by Crippen LogP contribution is -2.13. The molecule has 0 unspecified atom stereocenters. The maximum Gasteiger partial charge on any atom is 0.356 e. The number of carbonyl (C=O) groups is 1. The molecule has 2 aromatic rings. The average Bonchev–Trinajstić information content (AvgIpc) is 2.87. The van der Waals surface area contributed by atoms with Crippen molar-refractivity contribution in [2.24, 2.45) is 7.05 Å². The van der Waals surface area contributed by atoms with Gasteiger partial charge >= 0.3 is 5.97 Å². The highest BCUT2D eigenvalue weighted by atomic mass is 32.1. The summed E-state index contributed by atoms with van der Waals surface area (Å²) in [5.41, 5.74) is 0.0876. The lowest BCUT2D eigenvalue weighted by Gasteiger charge is -1.96. The maximum absolute atomic E-state index is 11.8. The number of nitrogens with one attached hydrogen (secondary N) is 1. The summed E-state index contributed by atoms with van der Waals surface area (Å²) in [6.45, 7) is 0. The zero-order valence-electron chi connectivity index (χ0n) is 8.68. The van der Waals surface area contributed by atoms with Gasteiger partial charge in [-0.15, -0.1) is 11.3 Å². The molecular formula is C9H9N3O3S. The number of hydrogen-bond acceptors (Lipinski definition) is 5. The van der Waals surface area contributed by atoms with Crippen LogP contribution in [0.25, 0.3) is 10.6 Å². The van der Waals surface area contributed by atoms with E-state index in [4.69, 9.17) is 0 Å². The van der Waals surface area contributed by atoms with Gasteiger partial charge in [-0.2, -0.15) is 0 Å². The second kappa shape index (κ2) is 3.93. The summed E-state index contributed by atoms with van der Waals surface area (Å²) in [6, 6.07) is 0. The smallest absolute Gasteiger partial charge is 0.356 e. The van der Waals surface area contributed by atoms with Crippen molar-refractivity contribution in [2.75, 3.05) is 7.11 Å². The van der Waals surface area contributed by atoms with Crippen molar-refractivity contribution in [1.29, 1.82) is 0 Å². The van der Waals surface area contributed by atoms with E-state index in [1.54, 1.807) is 11.6 Å². The highest BCUT2D eigenvalue weighted by Crippen LogP contribution is 2.21. The van der Waals surface area contributed by atoms with Gasteiger partial charge in [0.1, 0.15) is 10.6 Å². The third-order valence-electron chi connectivity index (χ3n) is 2.08. The Morgan fingerprint density at radius 2 is 2.38 bits per heavy atom. The van der Waals surface area contributed by atoms with Gasteiger partial charge in [-0.1, -0.05) is 0 Å². The van der Waals surface area contributed by atoms with Gasteiger partial charge in [0.2, 0.25) is 0 Å². The first-order valence-electron chi connectivity index (χ1n) is 4.42. The average molecular weight is 239 g/mol. The fourth-order valence-corrected chi connectivity index (χ4v) is 2.02. The quantitative estimate of drug-likeness (QED) is 0.779.